The highest BCUT2D eigenvalue weighted by atomic mass is 127. The Balaban J connectivity index is 0.00000242. The first-order valence-corrected chi connectivity index (χ1v) is 9.91. The summed E-state index contributed by atoms with van der Waals surface area (Å²) in [5.41, 5.74) is 6.81. The Morgan fingerprint density at radius 3 is 2.59 bits per heavy atom. The molecule has 1 aliphatic heterocycles. The lowest BCUT2D eigenvalue weighted by molar-refractivity contribution is 0.455. The van der Waals surface area contributed by atoms with Gasteiger partial charge in [0, 0.05) is 30.9 Å². The highest BCUT2D eigenvalue weighted by molar-refractivity contribution is 14.0. The van der Waals surface area contributed by atoms with Gasteiger partial charge in [0.1, 0.15) is 0 Å². The topological polar surface area (TPSA) is 75.8 Å². The molecule has 9 heteroatoms. The Bertz CT molecular complexity index is 647. The third-order valence-electron chi connectivity index (χ3n) is 3.15. The van der Waals surface area contributed by atoms with Crippen LogP contribution in [0.2, 0.25) is 5.02 Å². The van der Waals surface area contributed by atoms with Crippen LogP contribution in [0.1, 0.15) is 5.56 Å². The molecule has 2 N–H and O–H groups in total. The number of aliphatic imine (C=N–C) groups is 1. The number of rotatable bonds is 3. The smallest absolute Gasteiger partial charge is 0.191 e. The fourth-order valence-electron chi connectivity index (χ4n) is 2.01. The van der Waals surface area contributed by atoms with Gasteiger partial charge in [-0.25, -0.2) is 13.4 Å². The lowest BCUT2D eigenvalue weighted by Crippen LogP contribution is -2.42. The lowest BCUT2D eigenvalue weighted by Gasteiger charge is -2.27. The van der Waals surface area contributed by atoms with Crippen molar-refractivity contribution < 1.29 is 8.42 Å². The molecule has 1 aromatic carbocycles. The number of halogens is 2. The normalized spacial score (nSPS) is 16.3. The average molecular weight is 476 g/mol. The van der Waals surface area contributed by atoms with Gasteiger partial charge in [-0.1, -0.05) is 17.7 Å². The van der Waals surface area contributed by atoms with Crippen LogP contribution >= 0.6 is 47.3 Å². The SMILES string of the molecule is CS(=O)(=O)c1ccc(CN=C(N)N2CCSCC2)cc1Cl.I. The summed E-state index contributed by atoms with van der Waals surface area (Å²) in [4.78, 5) is 6.55. The van der Waals surface area contributed by atoms with E-state index < -0.39 is 9.84 Å². The summed E-state index contributed by atoms with van der Waals surface area (Å²) in [6.07, 6.45) is 1.14. The van der Waals surface area contributed by atoms with Crippen molar-refractivity contribution >= 4 is 63.1 Å². The summed E-state index contributed by atoms with van der Waals surface area (Å²) in [6, 6.07) is 4.85. The van der Waals surface area contributed by atoms with Crippen LogP contribution in [0.25, 0.3) is 0 Å². The lowest BCUT2D eigenvalue weighted by atomic mass is 10.2. The van der Waals surface area contributed by atoms with Gasteiger partial charge in [0.15, 0.2) is 15.8 Å². The van der Waals surface area contributed by atoms with E-state index in [-0.39, 0.29) is 33.9 Å². The maximum absolute atomic E-state index is 11.5. The largest absolute Gasteiger partial charge is 0.370 e. The molecule has 0 bridgehead atoms. The Hall–Kier alpha value is -0.190. The fraction of sp³-hybridized carbons (Fsp3) is 0.462. The molecule has 124 valence electrons. The first kappa shape index (κ1) is 19.9. The summed E-state index contributed by atoms with van der Waals surface area (Å²) in [5, 5.41) is 0.221. The van der Waals surface area contributed by atoms with Crippen LogP contribution < -0.4 is 5.73 Å². The second-order valence-electron chi connectivity index (χ2n) is 4.81. The third kappa shape index (κ3) is 5.47. The first-order valence-electron chi connectivity index (χ1n) is 6.49. The number of guanidine groups is 1. The van der Waals surface area contributed by atoms with Crippen molar-refractivity contribution in [2.45, 2.75) is 11.4 Å². The third-order valence-corrected chi connectivity index (χ3v) is 5.68. The van der Waals surface area contributed by atoms with Crippen LogP contribution in [0, 0.1) is 0 Å². The molecule has 1 fully saturated rings. The average Bonchev–Trinajstić information content (AvgIpc) is 2.44. The van der Waals surface area contributed by atoms with Crippen molar-refractivity contribution in [2.75, 3.05) is 30.9 Å². The highest BCUT2D eigenvalue weighted by Crippen LogP contribution is 2.23. The zero-order chi connectivity index (χ0) is 15.5. The number of benzene rings is 1. The Morgan fingerprint density at radius 1 is 1.41 bits per heavy atom. The van der Waals surface area contributed by atoms with E-state index in [9.17, 15) is 8.42 Å². The summed E-state index contributed by atoms with van der Waals surface area (Å²) in [6.45, 7) is 2.21. The minimum Gasteiger partial charge on any atom is -0.370 e. The second-order valence-corrected chi connectivity index (χ2v) is 8.43. The van der Waals surface area contributed by atoms with Crippen molar-refractivity contribution in [3.8, 4) is 0 Å². The van der Waals surface area contributed by atoms with Crippen LogP contribution in [0.4, 0.5) is 0 Å². The van der Waals surface area contributed by atoms with E-state index in [0.29, 0.717) is 12.5 Å². The minimum atomic E-state index is -3.30. The zero-order valence-electron chi connectivity index (χ0n) is 12.2. The van der Waals surface area contributed by atoms with Gasteiger partial charge in [0.2, 0.25) is 0 Å². The minimum absolute atomic E-state index is 0. The van der Waals surface area contributed by atoms with Crippen molar-refractivity contribution in [2.24, 2.45) is 10.7 Å². The van der Waals surface area contributed by atoms with E-state index in [1.165, 1.54) is 6.07 Å². The van der Waals surface area contributed by atoms with Gasteiger partial charge in [0.05, 0.1) is 16.5 Å². The number of nitrogens with two attached hydrogens (primary N) is 1. The van der Waals surface area contributed by atoms with Gasteiger partial charge >= 0.3 is 0 Å². The van der Waals surface area contributed by atoms with Gasteiger partial charge in [0.25, 0.3) is 0 Å². The number of hydrogen-bond acceptors (Lipinski definition) is 4. The van der Waals surface area contributed by atoms with Crippen molar-refractivity contribution in [3.63, 3.8) is 0 Å². The summed E-state index contributed by atoms with van der Waals surface area (Å²) < 4.78 is 23.0. The van der Waals surface area contributed by atoms with Gasteiger partial charge in [-0.3, -0.25) is 0 Å². The second kappa shape index (κ2) is 8.60. The van der Waals surface area contributed by atoms with Crippen LogP contribution in [-0.4, -0.2) is 50.1 Å². The molecule has 5 nitrogen and oxygen atoms in total. The van der Waals surface area contributed by atoms with E-state index in [1.54, 1.807) is 12.1 Å². The van der Waals surface area contributed by atoms with Crippen LogP contribution in [0.3, 0.4) is 0 Å². The molecule has 0 radical (unpaired) electrons. The standard InChI is InChI=1S/C13H18ClN3O2S2.HI/c1-21(18,19)12-3-2-10(8-11(12)14)9-16-13(15)17-4-6-20-7-5-17;/h2-3,8H,4-7,9H2,1H3,(H2,15,16);1H. The molecule has 1 saturated heterocycles. The zero-order valence-corrected chi connectivity index (χ0v) is 16.9. The molecule has 0 spiro atoms. The molecule has 0 aliphatic carbocycles. The number of hydrogen-bond donors (Lipinski definition) is 1. The van der Waals surface area contributed by atoms with Crippen LogP contribution in [0.15, 0.2) is 28.1 Å². The molecule has 0 unspecified atom stereocenters. The molecule has 1 heterocycles. The molecule has 2 rings (SSSR count). The molecule has 0 aromatic heterocycles. The molecule has 1 aliphatic rings. The summed E-state index contributed by atoms with van der Waals surface area (Å²) in [7, 11) is -3.30. The molecule has 0 saturated carbocycles. The Kier molecular flexibility index (Phi) is 7.76. The maximum atomic E-state index is 11.5. The Morgan fingerprint density at radius 2 is 2.05 bits per heavy atom. The predicted molar refractivity (Wildman–Crippen MR) is 104 cm³/mol. The molecule has 1 aromatic rings. The fourth-order valence-corrected chi connectivity index (χ4v) is 4.26. The van der Waals surface area contributed by atoms with E-state index in [0.717, 1.165) is 36.4 Å². The number of thioether (sulfide) groups is 1. The van der Waals surface area contributed by atoms with E-state index in [4.69, 9.17) is 17.3 Å². The first-order chi connectivity index (χ1) is 9.88. The highest BCUT2D eigenvalue weighted by Gasteiger charge is 2.14. The molecule has 0 amide bonds. The Labute approximate surface area is 157 Å². The number of sulfone groups is 1. The van der Waals surface area contributed by atoms with Crippen LogP contribution in [0.5, 0.6) is 0 Å². The van der Waals surface area contributed by atoms with Gasteiger partial charge < -0.3 is 10.6 Å². The molecular formula is C13H19ClIN3O2S2. The van der Waals surface area contributed by atoms with E-state index in [1.807, 2.05) is 11.8 Å². The van der Waals surface area contributed by atoms with Crippen molar-refractivity contribution in [1.82, 2.24) is 4.90 Å². The molecule has 0 atom stereocenters. The van der Waals surface area contributed by atoms with Gasteiger partial charge in [-0.05, 0) is 17.7 Å². The van der Waals surface area contributed by atoms with Gasteiger partial charge in [-0.2, -0.15) is 11.8 Å². The molecule has 22 heavy (non-hydrogen) atoms. The predicted octanol–water partition coefficient (Wildman–Crippen LogP) is 2.23. The van der Waals surface area contributed by atoms with Gasteiger partial charge in [-0.15, -0.1) is 24.0 Å². The monoisotopic (exact) mass is 475 g/mol. The maximum Gasteiger partial charge on any atom is 0.191 e. The van der Waals surface area contributed by atoms with E-state index >= 15 is 0 Å². The quantitative estimate of drug-likeness (QED) is 0.412. The van der Waals surface area contributed by atoms with E-state index in [2.05, 4.69) is 9.89 Å². The molecular weight excluding hydrogens is 457 g/mol. The van der Waals surface area contributed by atoms with Crippen LogP contribution in [-0.2, 0) is 16.4 Å². The van der Waals surface area contributed by atoms with Crippen molar-refractivity contribution in [1.29, 1.82) is 0 Å². The summed E-state index contributed by atoms with van der Waals surface area (Å²) >= 11 is 7.92. The number of nitrogens with zero attached hydrogens (tertiary/aromatic N) is 2. The summed E-state index contributed by atoms with van der Waals surface area (Å²) in [5.74, 6) is 2.65. The van der Waals surface area contributed by atoms with Crippen molar-refractivity contribution in [3.05, 3.63) is 28.8 Å².